The van der Waals surface area contributed by atoms with Crippen molar-refractivity contribution in [1.82, 2.24) is 15.2 Å². The highest BCUT2D eigenvalue weighted by Gasteiger charge is 2.06. The largest absolute Gasteiger partial charge is 0.372 e. The number of H-pyrrole nitrogens is 1. The average molecular weight is 377 g/mol. The zero-order valence-electron chi connectivity index (χ0n) is 14.9. The molecule has 0 fully saturated rings. The van der Waals surface area contributed by atoms with Crippen LogP contribution in [0.25, 0.3) is 23.1 Å². The molecule has 0 aliphatic heterocycles. The molecule has 0 spiro atoms. The lowest BCUT2D eigenvalue weighted by atomic mass is 10.1. The zero-order valence-corrected chi connectivity index (χ0v) is 14.9. The summed E-state index contributed by atoms with van der Waals surface area (Å²) in [7, 11) is 0. The Morgan fingerprint density at radius 3 is 2.50 bits per heavy atom. The Morgan fingerprint density at radius 2 is 1.71 bits per heavy atom. The topological polar surface area (TPSA) is 50.8 Å². The molecule has 2 heterocycles. The summed E-state index contributed by atoms with van der Waals surface area (Å²) in [5, 5.41) is 8.30. The maximum Gasteiger partial charge on any atom is 0.126 e. The summed E-state index contributed by atoms with van der Waals surface area (Å²) in [5.41, 5.74) is 3.96. The Balaban J connectivity index is 1.47. The molecule has 0 bridgehead atoms. The van der Waals surface area contributed by atoms with E-state index in [1.807, 2.05) is 48.6 Å². The van der Waals surface area contributed by atoms with E-state index in [2.05, 4.69) is 15.2 Å². The van der Waals surface area contributed by atoms with Gasteiger partial charge in [0.15, 0.2) is 0 Å². The Kier molecular flexibility index (Phi) is 5.21. The van der Waals surface area contributed by atoms with Crippen LogP contribution >= 0.6 is 0 Å². The third-order valence-electron chi connectivity index (χ3n) is 4.22. The van der Waals surface area contributed by atoms with Gasteiger partial charge in [0.1, 0.15) is 11.6 Å². The van der Waals surface area contributed by atoms with Gasteiger partial charge >= 0.3 is 0 Å². The minimum Gasteiger partial charge on any atom is -0.372 e. The predicted octanol–water partition coefficient (Wildman–Crippen LogP) is 5.12. The molecule has 4 rings (SSSR count). The van der Waals surface area contributed by atoms with Gasteiger partial charge in [-0.15, -0.1) is 0 Å². The fourth-order valence-corrected chi connectivity index (χ4v) is 2.92. The van der Waals surface area contributed by atoms with Crippen molar-refractivity contribution < 1.29 is 13.5 Å². The smallest absolute Gasteiger partial charge is 0.126 e. The van der Waals surface area contributed by atoms with E-state index in [1.165, 1.54) is 12.1 Å². The number of hydrogen-bond donors (Lipinski definition) is 1. The first-order chi connectivity index (χ1) is 13.7. The summed E-state index contributed by atoms with van der Waals surface area (Å²) in [4.78, 5) is 4.26. The molecule has 0 saturated carbocycles. The predicted molar refractivity (Wildman–Crippen MR) is 104 cm³/mol. The first kappa shape index (κ1) is 18.0. The van der Waals surface area contributed by atoms with Gasteiger partial charge in [0.25, 0.3) is 0 Å². The third-order valence-corrected chi connectivity index (χ3v) is 4.22. The highest BCUT2D eigenvalue weighted by atomic mass is 19.1. The second-order valence-electron chi connectivity index (χ2n) is 6.35. The van der Waals surface area contributed by atoms with E-state index in [4.69, 9.17) is 4.74 Å². The number of hydrogen-bond acceptors (Lipinski definition) is 3. The lowest BCUT2D eigenvalue weighted by Gasteiger charge is -2.06. The lowest BCUT2D eigenvalue weighted by Crippen LogP contribution is -1.96. The maximum absolute atomic E-state index is 13.2. The number of fused-ring (bicyclic) bond motifs is 1. The zero-order chi connectivity index (χ0) is 19.3. The van der Waals surface area contributed by atoms with Crippen LogP contribution in [0.3, 0.4) is 0 Å². The van der Waals surface area contributed by atoms with E-state index in [0.717, 1.165) is 33.9 Å². The molecular weight excluding hydrogens is 360 g/mol. The minimum absolute atomic E-state index is 0.130. The summed E-state index contributed by atoms with van der Waals surface area (Å²) in [6, 6.07) is 14.9. The number of pyridine rings is 1. The number of aromatic amines is 1. The molecule has 28 heavy (non-hydrogen) atoms. The molecule has 6 heteroatoms. The molecule has 140 valence electrons. The van der Waals surface area contributed by atoms with Crippen LogP contribution in [-0.4, -0.2) is 15.2 Å². The molecule has 0 atom stereocenters. The monoisotopic (exact) mass is 377 g/mol. The standard InChI is InChI=1S/C22H17F2N3O/c23-17-9-16(10-18(24)12-17)14-28-13-15-4-6-21-20(11-15)22(27-26-21)7-5-19-3-1-2-8-25-19/h1-12H,13-14H2,(H,26,27)/b7-5+. The second-order valence-corrected chi connectivity index (χ2v) is 6.35. The van der Waals surface area contributed by atoms with E-state index < -0.39 is 11.6 Å². The maximum atomic E-state index is 13.2. The number of rotatable bonds is 6. The van der Waals surface area contributed by atoms with Gasteiger partial charge in [0, 0.05) is 17.6 Å². The van der Waals surface area contributed by atoms with Crippen molar-refractivity contribution in [1.29, 1.82) is 0 Å². The fraction of sp³-hybridized carbons (Fsp3) is 0.0909. The van der Waals surface area contributed by atoms with Crippen molar-refractivity contribution in [3.05, 3.63) is 94.9 Å². The van der Waals surface area contributed by atoms with Crippen molar-refractivity contribution in [2.75, 3.05) is 0 Å². The van der Waals surface area contributed by atoms with Crippen molar-refractivity contribution in [2.24, 2.45) is 0 Å². The van der Waals surface area contributed by atoms with Crippen molar-refractivity contribution in [3.8, 4) is 0 Å². The third kappa shape index (κ3) is 4.29. The lowest BCUT2D eigenvalue weighted by molar-refractivity contribution is 0.107. The van der Waals surface area contributed by atoms with Crippen LogP contribution in [-0.2, 0) is 18.0 Å². The van der Waals surface area contributed by atoms with E-state index in [0.29, 0.717) is 12.2 Å². The first-order valence-electron chi connectivity index (χ1n) is 8.76. The van der Waals surface area contributed by atoms with Gasteiger partial charge in [-0.05, 0) is 59.7 Å². The molecule has 4 nitrogen and oxygen atoms in total. The Hall–Kier alpha value is -3.38. The fourth-order valence-electron chi connectivity index (χ4n) is 2.92. The van der Waals surface area contributed by atoms with E-state index in [9.17, 15) is 8.78 Å². The van der Waals surface area contributed by atoms with E-state index >= 15 is 0 Å². The SMILES string of the molecule is Fc1cc(F)cc(COCc2ccc3[nH]nc(/C=C/c4ccccn4)c3c2)c1. The average Bonchev–Trinajstić information content (AvgIpc) is 3.09. The summed E-state index contributed by atoms with van der Waals surface area (Å²) in [6.45, 7) is 0.452. The van der Waals surface area contributed by atoms with Gasteiger partial charge in [-0.1, -0.05) is 12.1 Å². The van der Waals surface area contributed by atoms with Gasteiger partial charge in [0.05, 0.1) is 30.1 Å². The molecule has 2 aromatic carbocycles. The highest BCUT2D eigenvalue weighted by Crippen LogP contribution is 2.20. The molecule has 0 saturated heterocycles. The van der Waals surface area contributed by atoms with Gasteiger partial charge < -0.3 is 4.74 Å². The highest BCUT2D eigenvalue weighted by molar-refractivity contribution is 5.89. The van der Waals surface area contributed by atoms with Crippen LogP contribution in [0.1, 0.15) is 22.5 Å². The summed E-state index contributed by atoms with van der Waals surface area (Å²) < 4.78 is 32.1. The van der Waals surface area contributed by atoms with Gasteiger partial charge in [-0.2, -0.15) is 5.10 Å². The molecule has 0 unspecified atom stereocenters. The van der Waals surface area contributed by atoms with E-state index in [1.54, 1.807) is 6.20 Å². The summed E-state index contributed by atoms with van der Waals surface area (Å²) in [5.74, 6) is -1.22. The van der Waals surface area contributed by atoms with Crippen molar-refractivity contribution >= 4 is 23.1 Å². The van der Waals surface area contributed by atoms with Crippen LogP contribution in [0.15, 0.2) is 60.8 Å². The van der Waals surface area contributed by atoms with Gasteiger partial charge in [-0.25, -0.2) is 8.78 Å². The quantitative estimate of drug-likeness (QED) is 0.507. The number of halogens is 2. The first-order valence-corrected chi connectivity index (χ1v) is 8.76. The second kappa shape index (κ2) is 8.10. The van der Waals surface area contributed by atoms with Gasteiger partial charge in [-0.3, -0.25) is 10.1 Å². The molecule has 0 aliphatic rings. The summed E-state index contributed by atoms with van der Waals surface area (Å²) in [6.07, 6.45) is 5.54. The molecule has 0 amide bonds. The van der Waals surface area contributed by atoms with Crippen LogP contribution in [0.5, 0.6) is 0 Å². The molecule has 1 N–H and O–H groups in total. The van der Waals surface area contributed by atoms with Crippen LogP contribution < -0.4 is 0 Å². The molecule has 0 aliphatic carbocycles. The Morgan fingerprint density at radius 1 is 0.893 bits per heavy atom. The van der Waals surface area contributed by atoms with Crippen molar-refractivity contribution in [3.63, 3.8) is 0 Å². The minimum atomic E-state index is -0.609. The molecule has 0 radical (unpaired) electrons. The normalized spacial score (nSPS) is 11.5. The van der Waals surface area contributed by atoms with Gasteiger partial charge in [0.2, 0.25) is 0 Å². The number of nitrogens with zero attached hydrogens (tertiary/aromatic N) is 2. The van der Waals surface area contributed by atoms with Crippen LogP contribution in [0.2, 0.25) is 0 Å². The Bertz CT molecular complexity index is 1100. The molecule has 4 aromatic rings. The number of nitrogens with one attached hydrogen (secondary N) is 1. The molecular formula is C22H17F2N3O. The number of benzene rings is 2. The molecule has 2 aromatic heterocycles. The van der Waals surface area contributed by atoms with E-state index in [-0.39, 0.29) is 6.61 Å². The van der Waals surface area contributed by atoms with Crippen LogP contribution in [0.4, 0.5) is 8.78 Å². The van der Waals surface area contributed by atoms with Crippen LogP contribution in [0, 0.1) is 11.6 Å². The van der Waals surface area contributed by atoms with Crippen molar-refractivity contribution in [2.45, 2.75) is 13.2 Å². The summed E-state index contributed by atoms with van der Waals surface area (Å²) >= 11 is 0. The Labute approximate surface area is 160 Å². The number of ether oxygens (including phenoxy) is 1. The number of aromatic nitrogens is 3.